The summed E-state index contributed by atoms with van der Waals surface area (Å²) in [5, 5.41) is 10.5. The van der Waals surface area contributed by atoms with Gasteiger partial charge in [-0.05, 0) is 78.2 Å². The molecule has 0 saturated carbocycles. The molecule has 0 saturated heterocycles. The van der Waals surface area contributed by atoms with Gasteiger partial charge in [0.25, 0.3) is 0 Å². The van der Waals surface area contributed by atoms with Crippen molar-refractivity contribution in [2.75, 3.05) is 0 Å². The molecule has 288 valence electrons. The third-order valence-electron chi connectivity index (χ3n) is 12.1. The summed E-state index contributed by atoms with van der Waals surface area (Å²) in [5.41, 5.74) is 10.5. The van der Waals surface area contributed by atoms with Crippen molar-refractivity contribution in [3.8, 4) is 67.7 Å². The Bertz CT molecular complexity index is 3670. The summed E-state index contributed by atoms with van der Waals surface area (Å²) in [5.74, 6) is 1.91. The molecule has 62 heavy (non-hydrogen) atoms. The van der Waals surface area contributed by atoms with Gasteiger partial charge in [0.1, 0.15) is 0 Å². The first-order valence-electron chi connectivity index (χ1n) is 21.0. The lowest BCUT2D eigenvalue weighted by Gasteiger charge is -2.14. The van der Waals surface area contributed by atoms with E-state index in [0.29, 0.717) is 17.5 Å². The first-order valence-corrected chi connectivity index (χ1v) is 21.0. The van der Waals surface area contributed by atoms with Crippen LogP contribution in [-0.4, -0.2) is 19.9 Å². The molecule has 0 spiro atoms. The van der Waals surface area contributed by atoms with E-state index in [4.69, 9.17) is 19.9 Å². The van der Waals surface area contributed by atoms with Crippen molar-refractivity contribution < 1.29 is 0 Å². The van der Waals surface area contributed by atoms with E-state index in [1.807, 2.05) is 6.07 Å². The Hall–Kier alpha value is -8.34. The third-order valence-corrected chi connectivity index (χ3v) is 12.1. The lowest BCUT2D eigenvalue weighted by Crippen LogP contribution is -2.01. The Kier molecular flexibility index (Phi) is 8.46. The maximum atomic E-state index is 5.23. The Morgan fingerprint density at radius 1 is 0.242 bits per heavy atom. The topological polar surface area (TPSA) is 51.6 Å². The van der Waals surface area contributed by atoms with Gasteiger partial charge in [-0.25, -0.2) is 19.9 Å². The summed E-state index contributed by atoms with van der Waals surface area (Å²) >= 11 is 0. The zero-order valence-corrected chi connectivity index (χ0v) is 33.6. The van der Waals surface area contributed by atoms with Gasteiger partial charge < -0.3 is 0 Å². The lowest BCUT2D eigenvalue weighted by molar-refractivity contribution is 1.08. The lowest BCUT2D eigenvalue weighted by atomic mass is 9.93. The van der Waals surface area contributed by atoms with Gasteiger partial charge in [0.2, 0.25) is 0 Å². The highest BCUT2D eigenvalue weighted by molar-refractivity contribution is 6.16. The van der Waals surface area contributed by atoms with Gasteiger partial charge in [-0.3, -0.25) is 0 Å². The van der Waals surface area contributed by atoms with Crippen LogP contribution in [0.2, 0.25) is 0 Å². The fourth-order valence-corrected chi connectivity index (χ4v) is 9.04. The SMILES string of the molecule is c1ccc(-c2nc3cccc(-c4ccc(-c5ccc(-c6nc(-c7ccc8ccccc8c7)nc(-c7cc8ccccc8c8ccccc78)n6)cc5)cc4)c3c3ccccc23)cc1. The number of hydrogen-bond acceptors (Lipinski definition) is 4. The van der Waals surface area contributed by atoms with E-state index in [2.05, 4.69) is 212 Å². The van der Waals surface area contributed by atoms with Crippen molar-refractivity contribution in [3.05, 3.63) is 218 Å². The molecule has 0 bridgehead atoms. The van der Waals surface area contributed by atoms with Crippen LogP contribution in [-0.2, 0) is 0 Å². The summed E-state index contributed by atoms with van der Waals surface area (Å²) in [6.07, 6.45) is 0. The summed E-state index contributed by atoms with van der Waals surface area (Å²) in [6.45, 7) is 0. The number of hydrogen-bond donors (Lipinski definition) is 0. The van der Waals surface area contributed by atoms with Crippen LogP contribution in [0.3, 0.4) is 0 Å². The molecule has 12 aromatic rings. The Labute approximate surface area is 358 Å². The monoisotopic (exact) mass is 788 g/mol. The minimum atomic E-state index is 0.629. The Balaban J connectivity index is 0.932. The van der Waals surface area contributed by atoms with E-state index < -0.39 is 0 Å². The van der Waals surface area contributed by atoms with Gasteiger partial charge in [0, 0.05) is 33.0 Å². The number of fused-ring (bicyclic) bond motifs is 7. The van der Waals surface area contributed by atoms with Crippen molar-refractivity contribution >= 4 is 54.0 Å². The molecule has 0 amide bonds. The van der Waals surface area contributed by atoms with Crippen LogP contribution in [0.25, 0.3) is 122 Å². The van der Waals surface area contributed by atoms with Gasteiger partial charge in [-0.1, -0.05) is 200 Å². The molecule has 4 heteroatoms. The molecular formula is C58H36N4. The second-order valence-electron chi connectivity index (χ2n) is 15.8. The van der Waals surface area contributed by atoms with Crippen molar-refractivity contribution in [2.45, 2.75) is 0 Å². The molecule has 4 nitrogen and oxygen atoms in total. The predicted molar refractivity (Wildman–Crippen MR) is 258 cm³/mol. The summed E-state index contributed by atoms with van der Waals surface area (Å²) < 4.78 is 0. The zero-order valence-electron chi connectivity index (χ0n) is 33.6. The van der Waals surface area contributed by atoms with Gasteiger partial charge in [0.05, 0.1) is 11.2 Å². The van der Waals surface area contributed by atoms with E-state index in [0.717, 1.165) is 77.1 Å². The van der Waals surface area contributed by atoms with Crippen LogP contribution in [0.15, 0.2) is 218 Å². The largest absolute Gasteiger partial charge is 0.247 e. The van der Waals surface area contributed by atoms with Crippen LogP contribution in [0.4, 0.5) is 0 Å². The minimum absolute atomic E-state index is 0.629. The summed E-state index contributed by atoms with van der Waals surface area (Å²) in [7, 11) is 0. The molecule has 0 aliphatic heterocycles. The molecule has 0 aliphatic rings. The molecule has 0 unspecified atom stereocenters. The quantitative estimate of drug-likeness (QED) is 0.158. The molecule has 2 heterocycles. The van der Waals surface area contributed by atoms with E-state index in [1.54, 1.807) is 0 Å². The highest BCUT2D eigenvalue weighted by Gasteiger charge is 2.18. The molecule has 2 aromatic heterocycles. The maximum absolute atomic E-state index is 5.23. The maximum Gasteiger partial charge on any atom is 0.164 e. The van der Waals surface area contributed by atoms with Crippen LogP contribution in [0.5, 0.6) is 0 Å². The smallest absolute Gasteiger partial charge is 0.164 e. The molecule has 0 N–H and O–H groups in total. The first-order chi connectivity index (χ1) is 30.7. The predicted octanol–water partition coefficient (Wildman–Crippen LogP) is 15.0. The molecular weight excluding hydrogens is 753 g/mol. The van der Waals surface area contributed by atoms with Gasteiger partial charge in [-0.2, -0.15) is 0 Å². The van der Waals surface area contributed by atoms with E-state index in [9.17, 15) is 0 Å². The van der Waals surface area contributed by atoms with Gasteiger partial charge in [-0.15, -0.1) is 0 Å². The van der Waals surface area contributed by atoms with Gasteiger partial charge >= 0.3 is 0 Å². The highest BCUT2D eigenvalue weighted by Crippen LogP contribution is 2.39. The fourth-order valence-electron chi connectivity index (χ4n) is 9.04. The zero-order chi connectivity index (χ0) is 41.0. The molecule has 0 atom stereocenters. The number of rotatable bonds is 6. The number of nitrogens with zero attached hydrogens (tertiary/aromatic N) is 4. The molecule has 10 aromatic carbocycles. The Morgan fingerprint density at radius 2 is 0.790 bits per heavy atom. The number of benzene rings is 10. The number of pyridine rings is 1. The van der Waals surface area contributed by atoms with E-state index in [1.165, 1.54) is 27.1 Å². The normalized spacial score (nSPS) is 11.5. The van der Waals surface area contributed by atoms with E-state index in [-0.39, 0.29) is 0 Å². The average Bonchev–Trinajstić information content (AvgIpc) is 3.35. The van der Waals surface area contributed by atoms with Crippen LogP contribution >= 0.6 is 0 Å². The Morgan fingerprint density at radius 3 is 1.55 bits per heavy atom. The van der Waals surface area contributed by atoms with E-state index >= 15 is 0 Å². The van der Waals surface area contributed by atoms with Crippen molar-refractivity contribution in [2.24, 2.45) is 0 Å². The van der Waals surface area contributed by atoms with Crippen molar-refractivity contribution in [1.82, 2.24) is 19.9 Å². The summed E-state index contributed by atoms with van der Waals surface area (Å²) in [6, 6.07) is 77.0. The minimum Gasteiger partial charge on any atom is -0.247 e. The average molecular weight is 789 g/mol. The highest BCUT2D eigenvalue weighted by atomic mass is 15.0. The molecule has 12 rings (SSSR count). The standard InChI is InChI=1S/C58H36N4/c1-2-14-41(15-3-1)55-51-22-11-10-21-50(51)54-47(23-12-24-53(54)59-55)40-30-25-38(26-31-40)39-27-32-42(33-28-39)56-60-57(45-34-29-37-13-4-5-16-43(37)35-45)62-58(61-56)52-36-44-17-6-7-18-46(44)48-19-8-9-20-49(48)52/h1-36H. The number of aromatic nitrogens is 4. The van der Waals surface area contributed by atoms with Crippen LogP contribution in [0, 0.1) is 0 Å². The fraction of sp³-hybridized carbons (Fsp3) is 0. The molecule has 0 radical (unpaired) electrons. The van der Waals surface area contributed by atoms with Gasteiger partial charge in [0.15, 0.2) is 17.5 Å². The van der Waals surface area contributed by atoms with Crippen LogP contribution in [0.1, 0.15) is 0 Å². The first kappa shape index (κ1) is 35.6. The van der Waals surface area contributed by atoms with Crippen molar-refractivity contribution in [3.63, 3.8) is 0 Å². The molecule has 0 fully saturated rings. The second-order valence-corrected chi connectivity index (χ2v) is 15.8. The van der Waals surface area contributed by atoms with Crippen LogP contribution < -0.4 is 0 Å². The summed E-state index contributed by atoms with van der Waals surface area (Å²) in [4.78, 5) is 20.8. The molecule has 0 aliphatic carbocycles. The third kappa shape index (κ3) is 6.16. The van der Waals surface area contributed by atoms with Crippen molar-refractivity contribution in [1.29, 1.82) is 0 Å². The second kappa shape index (κ2) is 14.7.